The van der Waals surface area contributed by atoms with E-state index < -0.39 is 5.91 Å². The lowest BCUT2D eigenvalue weighted by molar-refractivity contribution is -0.117. The molecule has 0 fully saturated rings. The average Bonchev–Trinajstić information content (AvgIpc) is 2.58. The van der Waals surface area contributed by atoms with E-state index in [1.807, 2.05) is 81.6 Å². The molecule has 0 spiro atoms. The zero-order valence-electron chi connectivity index (χ0n) is 12.6. The fraction of sp³-hybridized carbons (Fsp3) is 0.111. The van der Waals surface area contributed by atoms with Crippen molar-refractivity contribution in [2.75, 3.05) is 6.54 Å². The van der Waals surface area contributed by atoms with E-state index in [9.17, 15) is 15.2 Å². The van der Waals surface area contributed by atoms with Crippen LogP contribution in [0.15, 0.2) is 48.0 Å². The standard InChI is InChI=1S/C18H14I2N2O2/c19-15-9-13(10-16(20)17(15)23)8-14(11-21)18(24)22-7-6-12-4-2-1-3-5-12/h1-5,8-10,23H,6-7H2,(H,22,24)/b14-8+. The second-order valence-electron chi connectivity index (χ2n) is 4.99. The van der Waals surface area contributed by atoms with Crippen LogP contribution in [-0.2, 0) is 11.2 Å². The van der Waals surface area contributed by atoms with Crippen LogP contribution in [0.2, 0.25) is 0 Å². The van der Waals surface area contributed by atoms with Gasteiger partial charge in [0.05, 0.1) is 7.14 Å². The Bertz CT molecular complexity index is 789. The minimum atomic E-state index is -0.397. The Morgan fingerprint density at radius 2 is 1.83 bits per heavy atom. The maximum Gasteiger partial charge on any atom is 0.261 e. The number of nitriles is 1. The van der Waals surface area contributed by atoms with E-state index in [4.69, 9.17) is 0 Å². The van der Waals surface area contributed by atoms with Crippen LogP contribution in [0.25, 0.3) is 6.08 Å². The van der Waals surface area contributed by atoms with Crippen molar-refractivity contribution in [3.63, 3.8) is 0 Å². The van der Waals surface area contributed by atoms with Gasteiger partial charge < -0.3 is 10.4 Å². The lowest BCUT2D eigenvalue weighted by Gasteiger charge is -2.06. The molecule has 0 heterocycles. The minimum Gasteiger partial charge on any atom is -0.506 e. The van der Waals surface area contributed by atoms with Crippen LogP contribution >= 0.6 is 45.2 Å². The normalized spacial score (nSPS) is 11.0. The van der Waals surface area contributed by atoms with Gasteiger partial charge in [0.1, 0.15) is 17.4 Å². The van der Waals surface area contributed by atoms with Crippen LogP contribution < -0.4 is 5.32 Å². The molecule has 2 aromatic rings. The average molecular weight is 544 g/mol. The van der Waals surface area contributed by atoms with Gasteiger partial charge in [-0.05, 0) is 80.9 Å². The number of nitrogens with one attached hydrogen (secondary N) is 1. The number of rotatable bonds is 5. The fourth-order valence-electron chi connectivity index (χ4n) is 2.04. The first kappa shape index (κ1) is 18.7. The quantitative estimate of drug-likeness (QED) is 0.342. The number of aromatic hydroxyl groups is 1. The highest BCUT2D eigenvalue weighted by Gasteiger charge is 2.10. The van der Waals surface area contributed by atoms with Gasteiger partial charge in [-0.1, -0.05) is 30.3 Å². The second kappa shape index (κ2) is 9.03. The van der Waals surface area contributed by atoms with E-state index in [0.29, 0.717) is 25.7 Å². The summed E-state index contributed by atoms with van der Waals surface area (Å²) in [4.78, 5) is 12.2. The lowest BCUT2D eigenvalue weighted by Crippen LogP contribution is -2.26. The molecule has 24 heavy (non-hydrogen) atoms. The first-order valence-electron chi connectivity index (χ1n) is 7.13. The van der Waals surface area contributed by atoms with Gasteiger partial charge in [-0.25, -0.2) is 0 Å². The van der Waals surface area contributed by atoms with Gasteiger partial charge in [0.25, 0.3) is 5.91 Å². The molecule has 0 atom stereocenters. The lowest BCUT2D eigenvalue weighted by atomic mass is 10.1. The molecule has 2 rings (SSSR count). The summed E-state index contributed by atoms with van der Waals surface area (Å²) < 4.78 is 1.35. The zero-order chi connectivity index (χ0) is 17.5. The van der Waals surface area contributed by atoms with Crippen LogP contribution in [0.4, 0.5) is 0 Å². The number of phenols is 1. The van der Waals surface area contributed by atoms with Crippen molar-refractivity contribution in [2.24, 2.45) is 0 Å². The van der Waals surface area contributed by atoms with Crippen molar-refractivity contribution in [2.45, 2.75) is 6.42 Å². The molecule has 122 valence electrons. The molecule has 0 aromatic heterocycles. The predicted molar refractivity (Wildman–Crippen MR) is 110 cm³/mol. The van der Waals surface area contributed by atoms with Gasteiger partial charge in [0, 0.05) is 6.54 Å². The molecule has 6 heteroatoms. The SMILES string of the molecule is N#C/C(=C\c1cc(I)c(O)c(I)c1)C(=O)NCCc1ccccc1. The van der Waals surface area contributed by atoms with E-state index in [1.165, 1.54) is 6.08 Å². The first-order chi connectivity index (χ1) is 11.5. The molecule has 0 saturated heterocycles. The van der Waals surface area contributed by atoms with Crippen LogP contribution in [0.5, 0.6) is 5.75 Å². The van der Waals surface area contributed by atoms with Gasteiger partial charge in [0.15, 0.2) is 0 Å². The number of hydrogen-bond acceptors (Lipinski definition) is 3. The maximum absolute atomic E-state index is 12.2. The van der Waals surface area contributed by atoms with E-state index in [1.54, 1.807) is 12.1 Å². The van der Waals surface area contributed by atoms with Crippen LogP contribution in [0, 0.1) is 18.5 Å². The molecular weight excluding hydrogens is 530 g/mol. The smallest absolute Gasteiger partial charge is 0.261 e. The monoisotopic (exact) mass is 544 g/mol. The van der Waals surface area contributed by atoms with Gasteiger partial charge >= 0.3 is 0 Å². The molecule has 0 unspecified atom stereocenters. The molecule has 0 radical (unpaired) electrons. The Morgan fingerprint density at radius 3 is 2.42 bits per heavy atom. The highest BCUT2D eigenvalue weighted by Crippen LogP contribution is 2.28. The van der Waals surface area contributed by atoms with Gasteiger partial charge in [-0.2, -0.15) is 5.26 Å². The molecule has 0 aliphatic rings. The first-order valence-corrected chi connectivity index (χ1v) is 9.29. The molecule has 0 bridgehead atoms. The Balaban J connectivity index is 2.05. The third-order valence-corrected chi connectivity index (χ3v) is 4.90. The molecule has 2 N–H and O–H groups in total. The largest absolute Gasteiger partial charge is 0.506 e. The number of halogens is 2. The van der Waals surface area contributed by atoms with E-state index in [0.717, 1.165) is 5.56 Å². The van der Waals surface area contributed by atoms with E-state index in [-0.39, 0.29) is 11.3 Å². The minimum absolute atomic E-state index is 0.0420. The maximum atomic E-state index is 12.2. The van der Waals surface area contributed by atoms with Crippen molar-refractivity contribution in [3.05, 3.63) is 66.3 Å². The number of benzene rings is 2. The molecule has 2 aromatic carbocycles. The Labute approximate surface area is 167 Å². The van der Waals surface area contributed by atoms with Crippen molar-refractivity contribution >= 4 is 57.2 Å². The van der Waals surface area contributed by atoms with Crippen LogP contribution in [0.1, 0.15) is 11.1 Å². The van der Waals surface area contributed by atoms with E-state index in [2.05, 4.69) is 5.32 Å². The molecule has 0 saturated carbocycles. The fourth-order valence-corrected chi connectivity index (χ4v) is 3.86. The van der Waals surface area contributed by atoms with Crippen molar-refractivity contribution < 1.29 is 9.90 Å². The number of carbonyl (C=O) groups excluding carboxylic acids is 1. The summed E-state index contributed by atoms with van der Waals surface area (Å²) >= 11 is 4.03. The summed E-state index contributed by atoms with van der Waals surface area (Å²) in [5.41, 5.74) is 1.87. The number of nitrogens with zero attached hydrogens (tertiary/aromatic N) is 1. The number of amides is 1. The van der Waals surface area contributed by atoms with Crippen LogP contribution in [0.3, 0.4) is 0 Å². The third kappa shape index (κ3) is 5.21. The summed E-state index contributed by atoms with van der Waals surface area (Å²) in [5.74, 6) is -0.189. The molecule has 0 aliphatic carbocycles. The Kier molecular flexibility index (Phi) is 7.05. The highest BCUT2D eigenvalue weighted by atomic mass is 127. The molecule has 0 aliphatic heterocycles. The second-order valence-corrected chi connectivity index (χ2v) is 7.32. The van der Waals surface area contributed by atoms with Gasteiger partial charge in [-0.15, -0.1) is 0 Å². The Hall–Kier alpha value is -1.60. The number of hydrogen-bond donors (Lipinski definition) is 2. The number of carbonyl (C=O) groups is 1. The zero-order valence-corrected chi connectivity index (χ0v) is 16.9. The summed E-state index contributed by atoms with van der Waals surface area (Å²) in [6, 6.07) is 15.2. The molecule has 1 amide bonds. The summed E-state index contributed by atoms with van der Waals surface area (Å²) in [6.07, 6.45) is 2.24. The molecule has 4 nitrogen and oxygen atoms in total. The van der Waals surface area contributed by atoms with Gasteiger partial charge in [0.2, 0.25) is 0 Å². The van der Waals surface area contributed by atoms with Crippen molar-refractivity contribution in [1.82, 2.24) is 5.32 Å². The van der Waals surface area contributed by atoms with Gasteiger partial charge in [-0.3, -0.25) is 4.79 Å². The molecular formula is C18H14I2N2O2. The predicted octanol–water partition coefficient (Wildman–Crippen LogP) is 3.87. The topological polar surface area (TPSA) is 73.1 Å². The van der Waals surface area contributed by atoms with Crippen LogP contribution in [-0.4, -0.2) is 17.6 Å². The summed E-state index contributed by atoms with van der Waals surface area (Å²) in [6.45, 7) is 0.465. The Morgan fingerprint density at radius 1 is 1.21 bits per heavy atom. The third-order valence-electron chi connectivity index (χ3n) is 3.26. The van der Waals surface area contributed by atoms with Crippen molar-refractivity contribution in [1.29, 1.82) is 5.26 Å². The number of phenolic OH excluding ortho intramolecular Hbond substituents is 1. The summed E-state index contributed by atoms with van der Waals surface area (Å²) in [5, 5.41) is 21.8. The van der Waals surface area contributed by atoms with Crippen molar-refractivity contribution in [3.8, 4) is 11.8 Å². The highest BCUT2D eigenvalue weighted by molar-refractivity contribution is 14.1. The summed E-state index contributed by atoms with van der Waals surface area (Å²) in [7, 11) is 0. The van der Waals surface area contributed by atoms with E-state index >= 15 is 0 Å².